The highest BCUT2D eigenvalue weighted by molar-refractivity contribution is 7.10. The molecule has 0 radical (unpaired) electrons. The summed E-state index contributed by atoms with van der Waals surface area (Å²) in [5, 5.41) is 12.0. The van der Waals surface area contributed by atoms with Crippen LogP contribution in [-0.2, 0) is 6.54 Å². The molecule has 2 atom stereocenters. The maximum Gasteiger partial charge on any atom is 0.0682 e. The Labute approximate surface area is 125 Å². The summed E-state index contributed by atoms with van der Waals surface area (Å²) in [6, 6.07) is 2.47. The molecule has 0 spiro atoms. The number of nitrogens with zero attached hydrogens (tertiary/aromatic N) is 2. The van der Waals surface area contributed by atoms with E-state index in [2.05, 4.69) is 47.2 Å². The van der Waals surface area contributed by atoms with Crippen molar-refractivity contribution in [3.63, 3.8) is 0 Å². The van der Waals surface area contributed by atoms with Crippen molar-refractivity contribution in [1.29, 1.82) is 0 Å². The number of nitrogens with two attached hydrogens (primary N) is 1. The smallest absolute Gasteiger partial charge is 0.0682 e. The quantitative estimate of drug-likeness (QED) is 0.796. The molecular weight excluding hydrogens is 270 g/mol. The zero-order valence-electron chi connectivity index (χ0n) is 12.2. The molecule has 1 aromatic heterocycles. The van der Waals surface area contributed by atoms with Crippen LogP contribution in [0.25, 0.3) is 0 Å². The van der Waals surface area contributed by atoms with Crippen LogP contribution in [0.2, 0.25) is 0 Å². The summed E-state index contributed by atoms with van der Waals surface area (Å²) in [4.78, 5) is 5.81. The fourth-order valence-corrected chi connectivity index (χ4v) is 3.52. The van der Waals surface area contributed by atoms with E-state index in [0.717, 1.165) is 31.6 Å². The monoisotopic (exact) mass is 293 g/mol. The molecule has 2 heterocycles. The van der Waals surface area contributed by atoms with Gasteiger partial charge < -0.3 is 15.7 Å². The molecule has 20 heavy (non-hydrogen) atoms. The second-order valence-corrected chi connectivity index (χ2v) is 6.50. The molecule has 4 nitrogen and oxygen atoms in total. The van der Waals surface area contributed by atoms with Crippen molar-refractivity contribution < 1.29 is 5.11 Å². The lowest BCUT2D eigenvalue weighted by atomic mass is 10.2. The summed E-state index contributed by atoms with van der Waals surface area (Å²) >= 11 is 1.73. The maximum atomic E-state index is 9.92. The number of aliphatic hydroxyl groups is 1. The molecule has 2 rings (SSSR count). The van der Waals surface area contributed by atoms with Crippen LogP contribution < -0.4 is 5.73 Å². The van der Waals surface area contributed by atoms with Gasteiger partial charge in [0.25, 0.3) is 0 Å². The van der Waals surface area contributed by atoms with Gasteiger partial charge in [0, 0.05) is 36.1 Å². The van der Waals surface area contributed by atoms with Crippen LogP contribution in [-0.4, -0.2) is 60.8 Å². The largest absolute Gasteiger partial charge is 0.392 e. The van der Waals surface area contributed by atoms with Crippen LogP contribution in [0.15, 0.2) is 11.4 Å². The van der Waals surface area contributed by atoms with E-state index >= 15 is 0 Å². The van der Waals surface area contributed by atoms with Crippen LogP contribution in [0.4, 0.5) is 0 Å². The molecule has 0 bridgehead atoms. The average Bonchev–Trinajstić information content (AvgIpc) is 2.94. The Hall–Kier alpha value is -0.900. The van der Waals surface area contributed by atoms with Gasteiger partial charge in [-0.2, -0.15) is 0 Å². The fourth-order valence-electron chi connectivity index (χ4n) is 2.67. The predicted octanol–water partition coefficient (Wildman–Crippen LogP) is 0.555. The normalized spacial score (nSPS) is 23.1. The van der Waals surface area contributed by atoms with Crippen LogP contribution in [0, 0.1) is 11.8 Å². The highest BCUT2D eigenvalue weighted by Gasteiger charge is 2.31. The molecular formula is C15H23N3OS. The maximum absolute atomic E-state index is 9.92. The van der Waals surface area contributed by atoms with Gasteiger partial charge in [0.1, 0.15) is 0 Å². The molecule has 1 aromatic rings. The van der Waals surface area contributed by atoms with Crippen molar-refractivity contribution in [3.8, 4) is 11.8 Å². The van der Waals surface area contributed by atoms with Gasteiger partial charge in [-0.15, -0.1) is 11.3 Å². The molecule has 0 saturated carbocycles. The van der Waals surface area contributed by atoms with Crippen LogP contribution >= 0.6 is 11.3 Å². The van der Waals surface area contributed by atoms with Gasteiger partial charge in [0.2, 0.25) is 0 Å². The van der Waals surface area contributed by atoms with Crippen LogP contribution in [0.5, 0.6) is 0 Å². The predicted molar refractivity (Wildman–Crippen MR) is 83.6 cm³/mol. The lowest BCUT2D eigenvalue weighted by Gasteiger charge is -2.26. The molecule has 110 valence electrons. The van der Waals surface area contributed by atoms with Crippen molar-refractivity contribution in [2.75, 3.05) is 33.7 Å². The Kier molecular flexibility index (Phi) is 5.58. The van der Waals surface area contributed by atoms with Gasteiger partial charge >= 0.3 is 0 Å². The molecule has 0 aliphatic carbocycles. The zero-order valence-corrected chi connectivity index (χ0v) is 13.0. The SMILES string of the molecule is CN(C)CC1CC(O)CN1Cc1sccc1C#CCN. The standard InChI is InChI=1S/C15H23N3OS/c1-17(2)9-13-8-14(19)10-18(13)11-15-12(4-3-6-16)5-7-20-15/h5,7,13-14,19H,6,8-11,16H2,1-2H3. The number of likely N-dealkylation sites (N-methyl/N-ethyl adjacent to an activating group) is 1. The Balaban J connectivity index is 2.06. The van der Waals surface area contributed by atoms with E-state index in [1.807, 2.05) is 0 Å². The van der Waals surface area contributed by atoms with Crippen molar-refractivity contribution in [2.24, 2.45) is 5.73 Å². The number of hydrogen-bond donors (Lipinski definition) is 2. The van der Waals surface area contributed by atoms with E-state index in [0.29, 0.717) is 12.6 Å². The lowest BCUT2D eigenvalue weighted by molar-refractivity contribution is 0.170. The highest BCUT2D eigenvalue weighted by atomic mass is 32.1. The summed E-state index contributed by atoms with van der Waals surface area (Å²) in [6.07, 6.45) is 0.645. The third kappa shape index (κ3) is 4.05. The minimum absolute atomic E-state index is 0.210. The summed E-state index contributed by atoms with van der Waals surface area (Å²) < 4.78 is 0. The van der Waals surface area contributed by atoms with Gasteiger partial charge in [-0.05, 0) is 32.0 Å². The second kappa shape index (κ2) is 7.21. The van der Waals surface area contributed by atoms with Crippen molar-refractivity contribution in [1.82, 2.24) is 9.80 Å². The topological polar surface area (TPSA) is 52.7 Å². The first-order valence-electron chi connectivity index (χ1n) is 6.92. The first kappa shape index (κ1) is 15.5. The van der Waals surface area contributed by atoms with E-state index in [9.17, 15) is 5.11 Å². The summed E-state index contributed by atoms with van der Waals surface area (Å²) in [5.74, 6) is 6.05. The molecule has 1 fully saturated rings. The summed E-state index contributed by atoms with van der Waals surface area (Å²) in [6.45, 7) is 2.98. The van der Waals surface area contributed by atoms with E-state index in [1.165, 1.54) is 4.88 Å². The number of thiophene rings is 1. The number of β-amino-alcohol motifs (C(OH)–C–C–N with tert-alkyl or cyclic N) is 1. The minimum atomic E-state index is -0.210. The van der Waals surface area contributed by atoms with E-state index in [-0.39, 0.29) is 6.10 Å². The Bertz CT molecular complexity index is 489. The molecule has 0 amide bonds. The molecule has 3 N–H and O–H groups in total. The number of hydrogen-bond acceptors (Lipinski definition) is 5. The second-order valence-electron chi connectivity index (χ2n) is 5.50. The van der Waals surface area contributed by atoms with E-state index in [1.54, 1.807) is 11.3 Å². The van der Waals surface area contributed by atoms with Gasteiger partial charge in [0.05, 0.1) is 12.6 Å². The van der Waals surface area contributed by atoms with Crippen molar-refractivity contribution >= 4 is 11.3 Å². The molecule has 1 saturated heterocycles. The lowest BCUT2D eigenvalue weighted by Crippen LogP contribution is -2.37. The third-order valence-corrected chi connectivity index (χ3v) is 4.40. The molecule has 2 unspecified atom stereocenters. The van der Waals surface area contributed by atoms with E-state index in [4.69, 9.17) is 5.73 Å². The number of likely N-dealkylation sites (tertiary alicyclic amines) is 1. The summed E-state index contributed by atoms with van der Waals surface area (Å²) in [7, 11) is 4.15. The molecule has 1 aliphatic heterocycles. The molecule has 0 aromatic carbocycles. The Morgan fingerprint density at radius 2 is 2.35 bits per heavy atom. The van der Waals surface area contributed by atoms with Crippen LogP contribution in [0.3, 0.4) is 0 Å². The number of rotatable bonds is 4. The van der Waals surface area contributed by atoms with E-state index < -0.39 is 0 Å². The minimum Gasteiger partial charge on any atom is -0.392 e. The van der Waals surface area contributed by atoms with Crippen molar-refractivity contribution in [2.45, 2.75) is 25.1 Å². The Morgan fingerprint density at radius 3 is 3.05 bits per heavy atom. The Morgan fingerprint density at radius 1 is 1.55 bits per heavy atom. The van der Waals surface area contributed by atoms with Crippen LogP contribution in [0.1, 0.15) is 16.9 Å². The van der Waals surface area contributed by atoms with Crippen molar-refractivity contribution in [3.05, 3.63) is 21.9 Å². The first-order valence-corrected chi connectivity index (χ1v) is 7.80. The molecule has 1 aliphatic rings. The van der Waals surface area contributed by atoms with Gasteiger partial charge in [0.15, 0.2) is 0 Å². The third-order valence-electron chi connectivity index (χ3n) is 3.50. The van der Waals surface area contributed by atoms with Gasteiger partial charge in [-0.3, -0.25) is 4.90 Å². The summed E-state index contributed by atoms with van der Waals surface area (Å²) in [5.41, 5.74) is 6.51. The average molecular weight is 293 g/mol. The van der Waals surface area contributed by atoms with Gasteiger partial charge in [-0.25, -0.2) is 0 Å². The molecule has 5 heteroatoms. The first-order chi connectivity index (χ1) is 9.60. The zero-order chi connectivity index (χ0) is 14.5. The number of aliphatic hydroxyl groups excluding tert-OH is 1. The van der Waals surface area contributed by atoms with Gasteiger partial charge in [-0.1, -0.05) is 11.8 Å². The fraction of sp³-hybridized carbons (Fsp3) is 0.600. The highest BCUT2D eigenvalue weighted by Crippen LogP contribution is 2.25.